The lowest BCUT2D eigenvalue weighted by atomic mass is 10.1. The van der Waals surface area contributed by atoms with Gasteiger partial charge in [0.05, 0.1) is 10.6 Å². The SMILES string of the molecule is Cc1cc(C(=O)Cn2nc(C3CC3)cc(C(F)(F)F)c2=O)c(C)n1-c1ccc(S(N)(=O)=O)cc1. The topological polar surface area (TPSA) is 117 Å². The van der Waals surface area contributed by atoms with Gasteiger partial charge in [-0.2, -0.15) is 18.3 Å². The normalized spacial score (nSPS) is 14.4. The molecular weight excluding hydrogens is 473 g/mol. The van der Waals surface area contributed by atoms with Crippen LogP contribution in [0.4, 0.5) is 13.2 Å². The summed E-state index contributed by atoms with van der Waals surface area (Å²) in [5.74, 6) is -0.718. The van der Waals surface area contributed by atoms with E-state index in [-0.39, 0.29) is 22.1 Å². The van der Waals surface area contributed by atoms with Crippen LogP contribution in [-0.2, 0) is 22.7 Å². The third-order valence-electron chi connectivity index (χ3n) is 5.74. The Kier molecular flexibility index (Phi) is 5.76. The first-order chi connectivity index (χ1) is 15.8. The molecule has 12 heteroatoms. The Bertz CT molecular complexity index is 1450. The number of carbonyl (C=O) groups is 1. The number of nitrogens with two attached hydrogens (primary N) is 1. The minimum absolute atomic E-state index is 0.0727. The minimum Gasteiger partial charge on any atom is -0.318 e. The molecule has 1 fully saturated rings. The second kappa shape index (κ2) is 8.20. The first-order valence-electron chi connectivity index (χ1n) is 10.3. The van der Waals surface area contributed by atoms with E-state index < -0.39 is 39.7 Å². The number of carbonyl (C=O) groups excluding carboxylic acids is 1. The predicted octanol–water partition coefficient (Wildman–Crippen LogP) is 3.08. The van der Waals surface area contributed by atoms with Crippen molar-refractivity contribution in [3.05, 3.63) is 75.0 Å². The molecule has 8 nitrogen and oxygen atoms in total. The zero-order chi connectivity index (χ0) is 25.0. The fraction of sp³-hybridized carbons (Fsp3) is 0.318. The molecule has 2 N–H and O–H groups in total. The molecule has 34 heavy (non-hydrogen) atoms. The Morgan fingerprint density at radius 3 is 2.29 bits per heavy atom. The highest BCUT2D eigenvalue weighted by atomic mass is 32.2. The van der Waals surface area contributed by atoms with Crippen LogP contribution in [0.25, 0.3) is 5.69 Å². The third-order valence-corrected chi connectivity index (χ3v) is 6.67. The summed E-state index contributed by atoms with van der Waals surface area (Å²) in [6.07, 6.45) is -3.49. The Labute approximate surface area is 192 Å². The van der Waals surface area contributed by atoms with Crippen LogP contribution in [0.2, 0.25) is 0 Å². The highest BCUT2D eigenvalue weighted by molar-refractivity contribution is 7.89. The van der Waals surface area contributed by atoms with Gasteiger partial charge in [-0.25, -0.2) is 18.2 Å². The van der Waals surface area contributed by atoms with E-state index in [0.29, 0.717) is 34.6 Å². The molecule has 0 aliphatic heterocycles. The minimum atomic E-state index is -4.85. The average molecular weight is 494 g/mol. The molecule has 4 rings (SSSR count). The van der Waals surface area contributed by atoms with Gasteiger partial charge in [-0.3, -0.25) is 9.59 Å². The van der Waals surface area contributed by atoms with Crippen molar-refractivity contribution < 1.29 is 26.4 Å². The van der Waals surface area contributed by atoms with Crippen molar-refractivity contribution in [2.24, 2.45) is 5.14 Å². The number of benzene rings is 1. The summed E-state index contributed by atoms with van der Waals surface area (Å²) in [5.41, 5.74) is -0.658. The molecule has 3 aromatic rings. The number of rotatable bonds is 6. The zero-order valence-corrected chi connectivity index (χ0v) is 19.1. The number of aromatic nitrogens is 3. The van der Waals surface area contributed by atoms with Crippen LogP contribution < -0.4 is 10.7 Å². The molecule has 0 atom stereocenters. The largest absolute Gasteiger partial charge is 0.421 e. The Balaban J connectivity index is 1.69. The van der Waals surface area contributed by atoms with Gasteiger partial charge in [-0.05, 0) is 63.1 Å². The van der Waals surface area contributed by atoms with Crippen LogP contribution in [-0.4, -0.2) is 28.5 Å². The highest BCUT2D eigenvalue weighted by Crippen LogP contribution is 2.40. The monoisotopic (exact) mass is 494 g/mol. The number of primary sulfonamides is 1. The van der Waals surface area contributed by atoms with Gasteiger partial charge in [0.1, 0.15) is 12.1 Å². The lowest BCUT2D eigenvalue weighted by molar-refractivity contribution is -0.139. The molecule has 180 valence electrons. The van der Waals surface area contributed by atoms with Gasteiger partial charge < -0.3 is 4.57 Å². The van der Waals surface area contributed by atoms with E-state index in [9.17, 15) is 31.2 Å². The Morgan fingerprint density at radius 1 is 1.15 bits per heavy atom. The van der Waals surface area contributed by atoms with Crippen molar-refractivity contribution in [1.29, 1.82) is 0 Å². The van der Waals surface area contributed by atoms with Crippen molar-refractivity contribution >= 4 is 15.8 Å². The maximum Gasteiger partial charge on any atom is 0.421 e. The average Bonchev–Trinajstić information content (AvgIpc) is 3.53. The fourth-order valence-corrected chi connectivity index (χ4v) is 4.42. The molecule has 2 heterocycles. The van der Waals surface area contributed by atoms with Crippen molar-refractivity contribution in [2.45, 2.75) is 50.2 Å². The number of halogens is 3. The summed E-state index contributed by atoms with van der Waals surface area (Å²) < 4.78 is 65.4. The first kappa shape index (κ1) is 23.9. The van der Waals surface area contributed by atoms with Crippen LogP contribution in [0, 0.1) is 13.8 Å². The number of hydrogen-bond acceptors (Lipinski definition) is 5. The standard InChI is InChI=1S/C22H21F3N4O4S/c1-12-9-17(13(2)29(12)15-5-7-16(8-6-15)34(26,32)33)20(30)11-28-21(31)18(22(23,24)25)10-19(27-28)14-3-4-14/h5-10,14H,3-4,11H2,1-2H3,(H2,26,32,33). The van der Waals surface area contributed by atoms with Crippen molar-refractivity contribution in [3.63, 3.8) is 0 Å². The lowest BCUT2D eigenvalue weighted by Gasteiger charge is -2.12. The summed E-state index contributed by atoms with van der Waals surface area (Å²) in [5, 5.41) is 9.15. The van der Waals surface area contributed by atoms with Crippen LogP contribution in [0.1, 0.15) is 51.8 Å². The predicted molar refractivity (Wildman–Crippen MR) is 116 cm³/mol. The van der Waals surface area contributed by atoms with E-state index in [1.54, 1.807) is 24.5 Å². The molecule has 0 saturated heterocycles. The van der Waals surface area contributed by atoms with Gasteiger partial charge in [0.25, 0.3) is 5.56 Å². The second-order valence-electron chi connectivity index (χ2n) is 8.30. The Hall–Kier alpha value is -3.25. The molecule has 0 radical (unpaired) electrons. The summed E-state index contributed by atoms with van der Waals surface area (Å²) in [7, 11) is -3.87. The molecule has 1 aromatic carbocycles. The number of nitrogens with zero attached hydrogens (tertiary/aromatic N) is 3. The molecule has 0 bridgehead atoms. The van der Waals surface area contributed by atoms with Crippen LogP contribution in [0.5, 0.6) is 0 Å². The quantitative estimate of drug-likeness (QED) is 0.529. The van der Waals surface area contributed by atoms with Crippen molar-refractivity contribution in [2.75, 3.05) is 0 Å². The highest BCUT2D eigenvalue weighted by Gasteiger charge is 2.38. The molecule has 0 spiro atoms. The lowest BCUT2D eigenvalue weighted by Crippen LogP contribution is -2.33. The number of ketones is 1. The number of aryl methyl sites for hydroxylation is 1. The second-order valence-corrected chi connectivity index (χ2v) is 9.86. The van der Waals surface area contributed by atoms with Gasteiger partial charge in [-0.1, -0.05) is 0 Å². The summed E-state index contributed by atoms with van der Waals surface area (Å²) >= 11 is 0. The molecule has 1 saturated carbocycles. The van der Waals surface area contributed by atoms with Gasteiger partial charge in [-0.15, -0.1) is 0 Å². The molecule has 2 aromatic heterocycles. The van der Waals surface area contributed by atoms with E-state index >= 15 is 0 Å². The van der Waals surface area contributed by atoms with Crippen molar-refractivity contribution in [1.82, 2.24) is 14.3 Å². The fourth-order valence-electron chi connectivity index (χ4n) is 3.90. The number of hydrogen-bond donors (Lipinski definition) is 1. The third kappa shape index (κ3) is 4.55. The Morgan fingerprint density at radius 2 is 1.76 bits per heavy atom. The van der Waals surface area contributed by atoms with Crippen LogP contribution in [0.15, 0.2) is 46.1 Å². The van der Waals surface area contributed by atoms with Gasteiger partial charge >= 0.3 is 6.18 Å². The molecule has 0 unspecified atom stereocenters. The smallest absolute Gasteiger partial charge is 0.318 e. The van der Waals surface area contributed by atoms with Gasteiger partial charge in [0.15, 0.2) is 5.78 Å². The molecule has 1 aliphatic carbocycles. The first-order valence-corrected chi connectivity index (χ1v) is 11.9. The molecule has 1 aliphatic rings. The number of Topliss-reactive ketones (excluding diaryl/α,β-unsaturated/α-hetero) is 1. The summed E-state index contributed by atoms with van der Waals surface area (Å²) in [6, 6.07) is 8.04. The number of sulfonamides is 1. The zero-order valence-electron chi connectivity index (χ0n) is 18.3. The maximum atomic E-state index is 13.4. The van der Waals surface area contributed by atoms with E-state index in [1.807, 2.05) is 0 Å². The van der Waals surface area contributed by atoms with Gasteiger partial charge in [0.2, 0.25) is 10.0 Å². The van der Waals surface area contributed by atoms with Crippen molar-refractivity contribution in [3.8, 4) is 5.69 Å². The van der Waals surface area contributed by atoms with E-state index in [0.717, 1.165) is 6.07 Å². The van der Waals surface area contributed by atoms with E-state index in [1.165, 1.54) is 24.3 Å². The van der Waals surface area contributed by atoms with E-state index in [2.05, 4.69) is 5.10 Å². The molecular formula is C22H21F3N4O4S. The maximum absolute atomic E-state index is 13.4. The summed E-state index contributed by atoms with van der Waals surface area (Å²) in [4.78, 5) is 25.4. The van der Waals surface area contributed by atoms with Crippen LogP contribution >= 0.6 is 0 Å². The van der Waals surface area contributed by atoms with Crippen LogP contribution in [0.3, 0.4) is 0 Å². The molecule has 0 amide bonds. The van der Waals surface area contributed by atoms with E-state index in [4.69, 9.17) is 5.14 Å². The number of alkyl halides is 3. The summed E-state index contributed by atoms with van der Waals surface area (Å²) in [6.45, 7) is 2.72. The van der Waals surface area contributed by atoms with Gasteiger partial charge in [0, 0.05) is 28.6 Å².